The monoisotopic (exact) mass is 612 g/mol. The normalized spacial score (nSPS) is 20.1. The van der Waals surface area contributed by atoms with Gasteiger partial charge in [0.2, 0.25) is 0 Å². The lowest BCUT2D eigenvalue weighted by atomic mass is 9.67. The molecule has 0 amide bonds. The van der Waals surface area contributed by atoms with Crippen LogP contribution in [0.1, 0.15) is 128 Å². The largest absolute Gasteiger partial charge is 0.512 e. The second kappa shape index (κ2) is 12.6. The minimum atomic E-state index is -0.840. The molecule has 1 aromatic carbocycles. The summed E-state index contributed by atoms with van der Waals surface area (Å²) in [7, 11) is 2.83. The molecule has 8 nitrogen and oxygen atoms in total. The van der Waals surface area contributed by atoms with Gasteiger partial charge in [-0.3, -0.25) is 14.4 Å². The Morgan fingerprint density at radius 3 is 1.36 bits per heavy atom. The quantitative estimate of drug-likeness (QED) is 0.226. The molecule has 2 unspecified atom stereocenters. The lowest BCUT2D eigenvalue weighted by Gasteiger charge is -2.38. The summed E-state index contributed by atoms with van der Waals surface area (Å²) in [4.78, 5) is 41.3. The second-order valence-electron chi connectivity index (χ2n) is 15.2. The average molecular weight is 613 g/mol. The van der Waals surface area contributed by atoms with Crippen LogP contribution >= 0.6 is 0 Å². The van der Waals surface area contributed by atoms with Gasteiger partial charge in [0.25, 0.3) is 0 Å². The van der Waals surface area contributed by atoms with Gasteiger partial charge in [0, 0.05) is 65.7 Å². The van der Waals surface area contributed by atoms with Gasteiger partial charge in [0.15, 0.2) is 17.3 Å². The number of phenolic OH excluding ortho intramolecular Hbond substituents is 1. The van der Waals surface area contributed by atoms with E-state index in [-0.39, 0.29) is 93.7 Å². The Hall–Kier alpha value is -3.29. The highest BCUT2D eigenvalue weighted by Crippen LogP contribution is 2.57. The third-order valence-electron chi connectivity index (χ3n) is 9.00. The Morgan fingerprint density at radius 1 is 0.659 bits per heavy atom. The van der Waals surface area contributed by atoms with Crippen LogP contribution in [-0.2, 0) is 9.59 Å². The molecule has 0 spiro atoms. The van der Waals surface area contributed by atoms with Gasteiger partial charge in [-0.05, 0) is 22.7 Å². The Kier molecular flexibility index (Phi) is 10.1. The van der Waals surface area contributed by atoms with E-state index in [1.54, 1.807) is 13.8 Å². The summed E-state index contributed by atoms with van der Waals surface area (Å²) < 4.78 is 12.0. The van der Waals surface area contributed by atoms with Crippen molar-refractivity contribution in [2.75, 3.05) is 14.2 Å². The molecule has 2 aliphatic rings. The molecule has 0 aliphatic heterocycles. The molecule has 1 aromatic rings. The maximum atomic E-state index is 13.9. The maximum Gasteiger partial charge on any atom is 0.172 e. The summed E-state index contributed by atoms with van der Waals surface area (Å²) >= 11 is 0. The standard InChI is InChI=1S/C36H52O8/c1-17(2)24(26-20(37)13-35(7,8)14-21(26)38)28-32(42)30(31(41)19(5)6)34(44-12)29(33(28)43-11)25(18(3)4)27-22(39)15-36(9,10)16-23(27)40/h17-19,24-25,37,39,42H,13-16H2,1-12H3. The summed E-state index contributed by atoms with van der Waals surface area (Å²) in [6, 6.07) is 0. The first kappa shape index (κ1) is 35.2. The number of benzene rings is 1. The molecule has 0 fully saturated rings. The fourth-order valence-electron chi connectivity index (χ4n) is 7.18. The number of aliphatic hydroxyl groups is 2. The van der Waals surface area contributed by atoms with Crippen LogP contribution in [0.4, 0.5) is 0 Å². The molecule has 244 valence electrons. The van der Waals surface area contributed by atoms with Gasteiger partial charge < -0.3 is 24.8 Å². The van der Waals surface area contributed by atoms with Gasteiger partial charge in [0.05, 0.1) is 14.2 Å². The first-order chi connectivity index (χ1) is 20.2. The Bertz CT molecular complexity index is 1400. The molecule has 8 heteroatoms. The molecule has 2 atom stereocenters. The van der Waals surface area contributed by atoms with Crippen LogP contribution in [0.2, 0.25) is 0 Å². The van der Waals surface area contributed by atoms with Gasteiger partial charge in [0.1, 0.15) is 34.3 Å². The van der Waals surface area contributed by atoms with Gasteiger partial charge in [-0.1, -0.05) is 69.2 Å². The van der Waals surface area contributed by atoms with E-state index in [0.29, 0.717) is 12.0 Å². The number of hydrogen-bond donors (Lipinski definition) is 3. The number of allylic oxidation sites excluding steroid dienone is 4. The van der Waals surface area contributed by atoms with E-state index in [1.165, 1.54) is 14.2 Å². The number of ketones is 3. The highest BCUT2D eigenvalue weighted by molar-refractivity contribution is 6.06. The van der Waals surface area contributed by atoms with Crippen molar-refractivity contribution in [3.8, 4) is 17.2 Å². The van der Waals surface area contributed by atoms with Crippen molar-refractivity contribution in [3.05, 3.63) is 39.4 Å². The van der Waals surface area contributed by atoms with Gasteiger partial charge >= 0.3 is 0 Å². The van der Waals surface area contributed by atoms with Gasteiger partial charge in [-0.2, -0.15) is 0 Å². The first-order valence-corrected chi connectivity index (χ1v) is 15.7. The minimum absolute atomic E-state index is 0.0223. The van der Waals surface area contributed by atoms with E-state index in [0.717, 1.165) is 0 Å². The molecule has 0 radical (unpaired) electrons. The number of carbonyl (C=O) groups excluding carboxylic acids is 3. The summed E-state index contributed by atoms with van der Waals surface area (Å²) in [5.74, 6) is -3.80. The fraction of sp³-hybridized carbons (Fsp3) is 0.639. The lowest BCUT2D eigenvalue weighted by Crippen LogP contribution is -2.32. The summed E-state index contributed by atoms with van der Waals surface area (Å²) in [6.07, 6.45) is 1.01. The predicted molar refractivity (Wildman–Crippen MR) is 171 cm³/mol. The van der Waals surface area contributed by atoms with Crippen LogP contribution in [0.5, 0.6) is 17.2 Å². The van der Waals surface area contributed by atoms with Crippen LogP contribution in [0.15, 0.2) is 22.7 Å². The topological polar surface area (TPSA) is 130 Å². The van der Waals surface area contributed by atoms with Crippen molar-refractivity contribution in [1.82, 2.24) is 0 Å². The summed E-state index contributed by atoms with van der Waals surface area (Å²) in [5.41, 5.74) is 0.0132. The van der Waals surface area contributed by atoms with E-state index >= 15 is 0 Å². The lowest BCUT2D eigenvalue weighted by molar-refractivity contribution is -0.119. The van der Waals surface area contributed by atoms with Crippen molar-refractivity contribution in [2.24, 2.45) is 28.6 Å². The molecule has 3 N–H and O–H groups in total. The van der Waals surface area contributed by atoms with Crippen molar-refractivity contribution in [1.29, 1.82) is 0 Å². The number of ether oxygens (including phenoxy) is 2. The SMILES string of the molecule is COc1c(C(=O)C(C)C)c(O)c(C(C2=C(O)CC(C)(C)CC2=O)C(C)C)c(OC)c1C(C1=C(O)CC(C)(C)CC1=O)C(C)C. The molecule has 0 saturated carbocycles. The smallest absolute Gasteiger partial charge is 0.172 e. The van der Waals surface area contributed by atoms with Gasteiger partial charge in [-0.25, -0.2) is 0 Å². The van der Waals surface area contributed by atoms with Crippen LogP contribution < -0.4 is 9.47 Å². The molecular formula is C36H52O8. The Labute approximate surface area is 262 Å². The number of phenols is 1. The van der Waals surface area contributed by atoms with Crippen molar-refractivity contribution >= 4 is 17.3 Å². The van der Waals surface area contributed by atoms with E-state index < -0.39 is 34.4 Å². The molecule has 2 aliphatic carbocycles. The average Bonchev–Trinajstić information content (AvgIpc) is 2.86. The molecule has 0 saturated heterocycles. The van der Waals surface area contributed by atoms with Crippen molar-refractivity contribution in [2.45, 2.75) is 107 Å². The van der Waals surface area contributed by atoms with Crippen LogP contribution in [0.25, 0.3) is 0 Å². The zero-order valence-electron chi connectivity index (χ0n) is 28.6. The molecule has 0 aromatic heterocycles. The number of hydrogen-bond acceptors (Lipinski definition) is 8. The minimum Gasteiger partial charge on any atom is -0.512 e. The third kappa shape index (κ3) is 6.40. The second-order valence-corrected chi connectivity index (χ2v) is 15.2. The molecular weight excluding hydrogens is 560 g/mol. The van der Waals surface area contributed by atoms with Crippen LogP contribution in [0, 0.1) is 28.6 Å². The zero-order valence-corrected chi connectivity index (χ0v) is 28.6. The first-order valence-electron chi connectivity index (χ1n) is 15.7. The summed E-state index contributed by atoms with van der Waals surface area (Å²) in [5, 5.41) is 34.8. The van der Waals surface area contributed by atoms with E-state index in [2.05, 4.69) is 0 Å². The highest BCUT2D eigenvalue weighted by Gasteiger charge is 2.46. The molecule has 44 heavy (non-hydrogen) atoms. The number of aliphatic hydroxyl groups excluding tert-OH is 2. The maximum absolute atomic E-state index is 13.9. The highest BCUT2D eigenvalue weighted by atomic mass is 16.5. The van der Waals surface area contributed by atoms with Crippen molar-refractivity contribution in [3.63, 3.8) is 0 Å². The van der Waals surface area contributed by atoms with E-state index in [9.17, 15) is 29.7 Å². The number of rotatable bonds is 10. The van der Waals surface area contributed by atoms with Crippen molar-refractivity contribution < 1.29 is 39.2 Å². The van der Waals surface area contributed by atoms with E-state index in [4.69, 9.17) is 9.47 Å². The summed E-state index contributed by atoms with van der Waals surface area (Å²) in [6.45, 7) is 18.7. The number of methoxy groups -OCH3 is 2. The van der Waals surface area contributed by atoms with Crippen LogP contribution in [0.3, 0.4) is 0 Å². The number of Topliss-reactive ketones (excluding diaryl/α,β-unsaturated/α-hetero) is 3. The number of aromatic hydroxyl groups is 1. The predicted octanol–water partition coefficient (Wildman–Crippen LogP) is 8.13. The molecule has 3 rings (SSSR count). The zero-order chi connectivity index (χ0) is 33.6. The molecule has 0 heterocycles. The van der Waals surface area contributed by atoms with Gasteiger partial charge in [-0.15, -0.1) is 0 Å². The van der Waals surface area contributed by atoms with Crippen LogP contribution in [-0.4, -0.2) is 46.9 Å². The Balaban J connectivity index is 2.60. The fourth-order valence-corrected chi connectivity index (χ4v) is 7.18. The van der Waals surface area contributed by atoms with E-state index in [1.807, 2.05) is 55.4 Å². The molecule has 0 bridgehead atoms. The number of carbonyl (C=O) groups is 3. The third-order valence-corrected chi connectivity index (χ3v) is 9.00. The Morgan fingerprint density at radius 2 is 1.05 bits per heavy atom.